The van der Waals surface area contributed by atoms with Gasteiger partial charge in [0.2, 0.25) is 0 Å². The second kappa shape index (κ2) is 2.56. The van der Waals surface area contributed by atoms with Gasteiger partial charge in [0.25, 0.3) is 0 Å². The van der Waals surface area contributed by atoms with E-state index in [0.717, 1.165) is 6.07 Å². The predicted octanol–water partition coefficient (Wildman–Crippen LogP) is 1.58. The predicted molar refractivity (Wildman–Crippen MR) is 30.6 cm³/mol. The summed E-state index contributed by atoms with van der Waals surface area (Å²) in [6.45, 7) is 0. The van der Waals surface area contributed by atoms with Crippen LogP contribution in [0, 0.1) is 17.7 Å². The lowest BCUT2D eigenvalue weighted by atomic mass is 10.2. The minimum absolute atomic E-state index is 0.113. The first-order valence-electron chi connectivity index (χ1n) is 2.56. The van der Waals surface area contributed by atoms with Crippen LogP contribution in [0.25, 0.3) is 0 Å². The number of carbonyl (C=O) groups excluding carboxylic acids is 1. The van der Waals surface area contributed by atoms with Crippen molar-refractivity contribution in [3.8, 4) is 0 Å². The van der Waals surface area contributed by atoms with Crippen LogP contribution in [0.15, 0.2) is 12.1 Å². The average Bonchev–Trinajstić information content (AvgIpc) is 1.85. The van der Waals surface area contributed by atoms with Gasteiger partial charge in [-0.1, -0.05) is 0 Å². The zero-order chi connectivity index (χ0) is 7.56. The third kappa shape index (κ3) is 1.37. The highest BCUT2D eigenvalue weighted by Crippen LogP contribution is 2.03. The van der Waals surface area contributed by atoms with Crippen LogP contribution < -0.4 is 0 Å². The van der Waals surface area contributed by atoms with Crippen molar-refractivity contribution >= 4 is 6.29 Å². The van der Waals surface area contributed by atoms with E-state index in [0.29, 0.717) is 12.4 Å². The molecular weight excluding hydrogens is 138 g/mol. The summed E-state index contributed by atoms with van der Waals surface area (Å²) in [4.78, 5) is 9.95. The van der Waals surface area contributed by atoms with Crippen LogP contribution in [-0.4, -0.2) is 6.29 Å². The van der Waals surface area contributed by atoms with E-state index >= 15 is 0 Å². The Morgan fingerprint density at radius 1 is 1.40 bits per heavy atom. The van der Waals surface area contributed by atoms with Gasteiger partial charge in [-0.2, -0.15) is 0 Å². The highest BCUT2D eigenvalue weighted by Gasteiger charge is 1.98. The Bertz CT molecular complexity index is 238. The molecule has 0 aliphatic heterocycles. The Morgan fingerprint density at radius 3 is 2.60 bits per heavy atom. The van der Waals surface area contributed by atoms with Gasteiger partial charge in [-0.3, -0.25) is 4.79 Å². The lowest BCUT2D eigenvalue weighted by Crippen LogP contribution is -1.85. The van der Waals surface area contributed by atoms with E-state index in [9.17, 15) is 13.6 Å². The van der Waals surface area contributed by atoms with Gasteiger partial charge < -0.3 is 0 Å². The molecule has 10 heavy (non-hydrogen) atoms. The summed E-state index contributed by atoms with van der Waals surface area (Å²) in [5.41, 5.74) is -0.113. The normalized spacial score (nSPS) is 9.40. The minimum Gasteiger partial charge on any atom is -0.298 e. The molecule has 0 atom stereocenters. The van der Waals surface area contributed by atoms with Gasteiger partial charge >= 0.3 is 0 Å². The minimum atomic E-state index is -0.859. The fourth-order valence-electron chi connectivity index (χ4n) is 0.585. The molecule has 3 heteroatoms. The average molecular weight is 141 g/mol. The maximum absolute atomic E-state index is 12.2. The smallest absolute Gasteiger partial charge is 0.150 e. The van der Waals surface area contributed by atoms with Crippen LogP contribution in [-0.2, 0) is 0 Å². The van der Waals surface area contributed by atoms with Crippen molar-refractivity contribution in [2.75, 3.05) is 0 Å². The molecule has 1 nitrogen and oxygen atoms in total. The molecular formula is C7H3F2O. The van der Waals surface area contributed by atoms with Crippen LogP contribution in [0.4, 0.5) is 8.78 Å². The highest BCUT2D eigenvalue weighted by molar-refractivity contribution is 5.74. The van der Waals surface area contributed by atoms with Crippen LogP contribution in [0.5, 0.6) is 0 Å². The van der Waals surface area contributed by atoms with Gasteiger partial charge in [-0.05, 0) is 6.07 Å². The topological polar surface area (TPSA) is 17.1 Å². The number of hydrogen-bond acceptors (Lipinski definition) is 1. The molecule has 0 heterocycles. The Hall–Kier alpha value is -1.25. The van der Waals surface area contributed by atoms with E-state index in [-0.39, 0.29) is 5.56 Å². The molecule has 0 amide bonds. The monoisotopic (exact) mass is 141 g/mol. The number of carbonyl (C=O) groups is 1. The van der Waals surface area contributed by atoms with Gasteiger partial charge in [0.1, 0.15) is 11.6 Å². The molecule has 0 saturated heterocycles. The zero-order valence-electron chi connectivity index (χ0n) is 4.90. The summed E-state index contributed by atoms with van der Waals surface area (Å²) in [6.07, 6.45) is 0.339. The highest BCUT2D eigenvalue weighted by atomic mass is 19.1. The van der Waals surface area contributed by atoms with Crippen LogP contribution >= 0.6 is 0 Å². The number of benzene rings is 1. The fraction of sp³-hybridized carbons (Fsp3) is 0. The van der Waals surface area contributed by atoms with E-state index in [4.69, 9.17) is 0 Å². The van der Waals surface area contributed by atoms with Crippen molar-refractivity contribution in [2.45, 2.75) is 0 Å². The first-order valence-corrected chi connectivity index (χ1v) is 2.56. The van der Waals surface area contributed by atoms with E-state index in [2.05, 4.69) is 0 Å². The summed E-state index contributed by atoms with van der Waals surface area (Å²) in [5.74, 6) is -1.62. The standard InChI is InChI=1S/C7H3F2O/c8-6-1-5(4-10)2-7(9)3-6/h1,3-4H. The molecule has 0 fully saturated rings. The van der Waals surface area contributed by atoms with Gasteiger partial charge in [-0.15, -0.1) is 0 Å². The Kier molecular flexibility index (Phi) is 1.76. The van der Waals surface area contributed by atoms with E-state index < -0.39 is 11.6 Å². The number of aldehydes is 1. The quantitative estimate of drug-likeness (QED) is 0.542. The summed E-state index contributed by atoms with van der Waals surface area (Å²) in [5, 5.41) is 0. The maximum atomic E-state index is 12.2. The molecule has 0 spiro atoms. The molecule has 1 rings (SSSR count). The molecule has 0 aromatic heterocycles. The second-order valence-electron chi connectivity index (χ2n) is 1.72. The van der Waals surface area contributed by atoms with Crippen molar-refractivity contribution in [3.05, 3.63) is 35.4 Å². The van der Waals surface area contributed by atoms with Crippen LogP contribution in [0.2, 0.25) is 0 Å². The lowest BCUT2D eigenvalue weighted by Gasteiger charge is -1.89. The van der Waals surface area contributed by atoms with E-state index in [1.165, 1.54) is 0 Å². The van der Waals surface area contributed by atoms with Crippen molar-refractivity contribution in [1.82, 2.24) is 0 Å². The van der Waals surface area contributed by atoms with Crippen LogP contribution in [0.1, 0.15) is 10.4 Å². The summed E-state index contributed by atoms with van der Waals surface area (Å²) in [7, 11) is 0. The Balaban J connectivity index is 3.18. The molecule has 0 saturated carbocycles. The third-order valence-electron chi connectivity index (χ3n) is 0.949. The molecule has 1 aromatic carbocycles. The van der Waals surface area contributed by atoms with Gasteiger partial charge in [0, 0.05) is 17.7 Å². The number of halogens is 2. The SMILES string of the molecule is O=Cc1[c]c(F)cc(F)c1. The molecule has 0 aliphatic carbocycles. The van der Waals surface area contributed by atoms with Gasteiger partial charge in [-0.25, -0.2) is 8.78 Å². The van der Waals surface area contributed by atoms with Crippen molar-refractivity contribution < 1.29 is 13.6 Å². The summed E-state index contributed by atoms with van der Waals surface area (Å²) >= 11 is 0. The maximum Gasteiger partial charge on any atom is 0.150 e. The Morgan fingerprint density at radius 2 is 2.10 bits per heavy atom. The van der Waals surface area contributed by atoms with Crippen molar-refractivity contribution in [2.24, 2.45) is 0 Å². The third-order valence-corrected chi connectivity index (χ3v) is 0.949. The largest absolute Gasteiger partial charge is 0.298 e. The van der Waals surface area contributed by atoms with E-state index in [1.807, 2.05) is 6.07 Å². The molecule has 51 valence electrons. The first-order chi connectivity index (χ1) is 4.72. The van der Waals surface area contributed by atoms with Crippen molar-refractivity contribution in [3.63, 3.8) is 0 Å². The molecule has 0 N–H and O–H groups in total. The molecule has 0 aliphatic rings. The second-order valence-corrected chi connectivity index (χ2v) is 1.72. The van der Waals surface area contributed by atoms with E-state index in [1.54, 1.807) is 0 Å². The molecule has 1 radical (unpaired) electrons. The van der Waals surface area contributed by atoms with Gasteiger partial charge in [0.05, 0.1) is 0 Å². The van der Waals surface area contributed by atoms with Crippen LogP contribution in [0.3, 0.4) is 0 Å². The Labute approximate surface area is 56.3 Å². The summed E-state index contributed by atoms with van der Waals surface area (Å²) < 4.78 is 24.4. The van der Waals surface area contributed by atoms with Crippen molar-refractivity contribution in [1.29, 1.82) is 0 Å². The van der Waals surface area contributed by atoms with Gasteiger partial charge in [0.15, 0.2) is 6.29 Å². The molecule has 0 bridgehead atoms. The fourth-order valence-corrected chi connectivity index (χ4v) is 0.585. The molecule has 1 aromatic rings. The number of hydrogen-bond donors (Lipinski definition) is 0. The number of rotatable bonds is 1. The summed E-state index contributed by atoms with van der Waals surface area (Å²) in [6, 6.07) is 3.60. The molecule has 0 unspecified atom stereocenters. The zero-order valence-corrected chi connectivity index (χ0v) is 4.90. The lowest BCUT2D eigenvalue weighted by molar-refractivity contribution is 0.112. The first kappa shape index (κ1) is 6.86.